The number of amides is 1. The quantitative estimate of drug-likeness (QED) is 0.826. The zero-order chi connectivity index (χ0) is 12.8. The van der Waals surface area contributed by atoms with Crippen molar-refractivity contribution in [3.63, 3.8) is 0 Å². The summed E-state index contributed by atoms with van der Waals surface area (Å²) in [7, 11) is 1.75. The number of carbonyl (C=O) groups is 1. The fraction of sp³-hybridized carbons (Fsp3) is 0.692. The van der Waals surface area contributed by atoms with E-state index in [0.29, 0.717) is 25.0 Å². The molecule has 1 aliphatic rings. The van der Waals surface area contributed by atoms with Crippen molar-refractivity contribution >= 4 is 5.91 Å². The number of aryl methyl sites for hydroxylation is 1. The Bertz CT molecular complexity index is 364. The monoisotopic (exact) mass is 251 g/mol. The van der Waals surface area contributed by atoms with Gasteiger partial charge in [-0.25, -0.2) is 4.98 Å². The zero-order valence-corrected chi connectivity index (χ0v) is 10.8. The molecule has 1 aliphatic carbocycles. The molecule has 0 radical (unpaired) electrons. The number of nitrogens with one attached hydrogen (secondary N) is 1. The van der Waals surface area contributed by atoms with Crippen LogP contribution in [-0.4, -0.2) is 35.2 Å². The smallest absolute Gasteiger partial charge is 0.221 e. The summed E-state index contributed by atoms with van der Waals surface area (Å²) in [6.07, 6.45) is 9.61. The molecule has 2 unspecified atom stereocenters. The zero-order valence-electron chi connectivity index (χ0n) is 10.8. The molecule has 18 heavy (non-hydrogen) atoms. The molecule has 0 spiro atoms. The van der Waals surface area contributed by atoms with Crippen LogP contribution in [0.3, 0.4) is 0 Å². The van der Waals surface area contributed by atoms with Gasteiger partial charge in [-0.2, -0.15) is 0 Å². The first kappa shape index (κ1) is 13.1. The lowest BCUT2D eigenvalue weighted by Gasteiger charge is -2.18. The van der Waals surface area contributed by atoms with E-state index in [1.807, 2.05) is 10.8 Å². The average Bonchev–Trinajstić information content (AvgIpc) is 3.04. The van der Waals surface area contributed by atoms with Crippen LogP contribution in [0.25, 0.3) is 0 Å². The van der Waals surface area contributed by atoms with Gasteiger partial charge in [-0.15, -0.1) is 0 Å². The van der Waals surface area contributed by atoms with Gasteiger partial charge >= 0.3 is 0 Å². The van der Waals surface area contributed by atoms with Gasteiger partial charge in [0.2, 0.25) is 5.91 Å². The number of methoxy groups -OCH3 is 1. The number of nitrogens with zero attached hydrogens (tertiary/aromatic N) is 2. The van der Waals surface area contributed by atoms with Crippen LogP contribution in [0.2, 0.25) is 0 Å². The molecule has 5 heteroatoms. The molecule has 2 atom stereocenters. The molecule has 100 valence electrons. The summed E-state index contributed by atoms with van der Waals surface area (Å²) in [5.41, 5.74) is 0. The van der Waals surface area contributed by atoms with Crippen LogP contribution < -0.4 is 5.32 Å². The minimum Gasteiger partial charge on any atom is -0.381 e. The Kier molecular flexibility index (Phi) is 4.75. The Morgan fingerprint density at radius 3 is 3.17 bits per heavy atom. The predicted octanol–water partition coefficient (Wildman–Crippen LogP) is 1.20. The number of hydrogen-bond donors (Lipinski definition) is 1. The van der Waals surface area contributed by atoms with E-state index in [-0.39, 0.29) is 5.91 Å². The molecule has 1 N–H and O–H groups in total. The molecule has 1 aromatic heterocycles. The van der Waals surface area contributed by atoms with Crippen LogP contribution in [0.4, 0.5) is 0 Å². The Hall–Kier alpha value is -1.36. The van der Waals surface area contributed by atoms with Gasteiger partial charge in [-0.3, -0.25) is 4.79 Å². The van der Waals surface area contributed by atoms with Crippen molar-refractivity contribution < 1.29 is 9.53 Å². The van der Waals surface area contributed by atoms with Gasteiger partial charge in [-0.1, -0.05) is 6.42 Å². The SMILES string of the molecule is COC1CCCC1CNC(=O)CCn1ccnc1. The molecule has 0 bridgehead atoms. The molecule has 2 rings (SSSR count). The van der Waals surface area contributed by atoms with Crippen molar-refractivity contribution in [1.29, 1.82) is 0 Å². The normalized spacial score (nSPS) is 23.2. The maximum atomic E-state index is 11.7. The maximum absolute atomic E-state index is 11.7. The Balaban J connectivity index is 1.65. The molecule has 1 amide bonds. The highest BCUT2D eigenvalue weighted by atomic mass is 16.5. The van der Waals surface area contributed by atoms with Gasteiger partial charge in [0.15, 0.2) is 0 Å². The summed E-state index contributed by atoms with van der Waals surface area (Å²) in [5.74, 6) is 0.581. The minimum absolute atomic E-state index is 0.102. The van der Waals surface area contributed by atoms with Gasteiger partial charge in [0, 0.05) is 44.9 Å². The molecule has 1 fully saturated rings. The lowest BCUT2D eigenvalue weighted by Crippen LogP contribution is -2.33. The number of hydrogen-bond acceptors (Lipinski definition) is 3. The van der Waals surface area contributed by atoms with Crippen LogP contribution in [-0.2, 0) is 16.1 Å². The van der Waals surface area contributed by atoms with Crippen LogP contribution in [0, 0.1) is 5.92 Å². The van der Waals surface area contributed by atoms with Crippen LogP contribution in [0.1, 0.15) is 25.7 Å². The molecule has 1 aromatic rings. The number of rotatable bonds is 6. The summed E-state index contributed by atoms with van der Waals surface area (Å²) in [4.78, 5) is 15.6. The standard InChI is InChI=1S/C13H21N3O2/c1-18-12-4-2-3-11(12)9-15-13(17)5-7-16-8-6-14-10-16/h6,8,10-12H,2-5,7,9H2,1H3,(H,15,17). The van der Waals surface area contributed by atoms with Gasteiger partial charge in [0.25, 0.3) is 0 Å². The average molecular weight is 251 g/mol. The second-order valence-corrected chi connectivity index (χ2v) is 4.82. The van der Waals surface area contributed by atoms with E-state index in [0.717, 1.165) is 19.4 Å². The highest BCUT2D eigenvalue weighted by Gasteiger charge is 2.27. The van der Waals surface area contributed by atoms with E-state index < -0.39 is 0 Å². The number of carbonyl (C=O) groups excluding carboxylic acids is 1. The van der Waals surface area contributed by atoms with E-state index in [4.69, 9.17) is 4.74 Å². The van der Waals surface area contributed by atoms with E-state index in [1.54, 1.807) is 19.6 Å². The molecule has 0 aromatic carbocycles. The van der Waals surface area contributed by atoms with Crippen molar-refractivity contribution in [3.8, 4) is 0 Å². The van der Waals surface area contributed by atoms with Crippen molar-refractivity contribution in [3.05, 3.63) is 18.7 Å². The lowest BCUT2D eigenvalue weighted by atomic mass is 10.1. The van der Waals surface area contributed by atoms with E-state index in [9.17, 15) is 4.79 Å². The number of aromatic nitrogens is 2. The first-order valence-corrected chi connectivity index (χ1v) is 6.55. The lowest BCUT2D eigenvalue weighted by molar-refractivity contribution is -0.121. The van der Waals surface area contributed by atoms with Crippen molar-refractivity contribution in [2.45, 2.75) is 38.3 Å². The van der Waals surface area contributed by atoms with Gasteiger partial charge < -0.3 is 14.6 Å². The maximum Gasteiger partial charge on any atom is 0.221 e. The molecule has 1 saturated carbocycles. The molecule has 1 heterocycles. The summed E-state index contributed by atoms with van der Waals surface area (Å²) in [6.45, 7) is 1.42. The summed E-state index contributed by atoms with van der Waals surface area (Å²) in [5, 5.41) is 3.00. The van der Waals surface area contributed by atoms with Gasteiger partial charge in [0.1, 0.15) is 0 Å². The van der Waals surface area contributed by atoms with Crippen molar-refractivity contribution in [1.82, 2.24) is 14.9 Å². The Morgan fingerprint density at radius 1 is 1.56 bits per heavy atom. The fourth-order valence-electron chi connectivity index (χ4n) is 2.53. The second-order valence-electron chi connectivity index (χ2n) is 4.82. The third-order valence-electron chi connectivity index (χ3n) is 3.61. The fourth-order valence-corrected chi connectivity index (χ4v) is 2.53. The third kappa shape index (κ3) is 3.57. The third-order valence-corrected chi connectivity index (χ3v) is 3.61. The Labute approximate surface area is 108 Å². The highest BCUT2D eigenvalue weighted by molar-refractivity contribution is 5.75. The van der Waals surface area contributed by atoms with Crippen molar-refractivity contribution in [2.75, 3.05) is 13.7 Å². The highest BCUT2D eigenvalue weighted by Crippen LogP contribution is 2.27. The van der Waals surface area contributed by atoms with Crippen molar-refractivity contribution in [2.24, 2.45) is 5.92 Å². The van der Waals surface area contributed by atoms with Gasteiger partial charge in [-0.05, 0) is 12.8 Å². The summed E-state index contributed by atoms with van der Waals surface area (Å²) in [6, 6.07) is 0. The van der Waals surface area contributed by atoms with Crippen LogP contribution >= 0.6 is 0 Å². The van der Waals surface area contributed by atoms with Crippen LogP contribution in [0.15, 0.2) is 18.7 Å². The number of imidazole rings is 1. The second kappa shape index (κ2) is 6.54. The number of ether oxygens (including phenoxy) is 1. The minimum atomic E-state index is 0.102. The van der Waals surface area contributed by atoms with E-state index >= 15 is 0 Å². The van der Waals surface area contributed by atoms with E-state index in [2.05, 4.69) is 10.3 Å². The largest absolute Gasteiger partial charge is 0.381 e. The molecular weight excluding hydrogens is 230 g/mol. The van der Waals surface area contributed by atoms with E-state index in [1.165, 1.54) is 6.42 Å². The predicted molar refractivity (Wildman–Crippen MR) is 68.0 cm³/mol. The molecule has 0 aliphatic heterocycles. The molecule has 0 saturated heterocycles. The molecular formula is C13H21N3O2. The first-order valence-electron chi connectivity index (χ1n) is 6.55. The Morgan fingerprint density at radius 2 is 2.44 bits per heavy atom. The molecule has 5 nitrogen and oxygen atoms in total. The van der Waals surface area contributed by atoms with Gasteiger partial charge in [0.05, 0.1) is 12.4 Å². The first-order chi connectivity index (χ1) is 8.79. The van der Waals surface area contributed by atoms with Crippen LogP contribution in [0.5, 0.6) is 0 Å². The topological polar surface area (TPSA) is 56.1 Å². The summed E-state index contributed by atoms with van der Waals surface area (Å²) >= 11 is 0. The summed E-state index contributed by atoms with van der Waals surface area (Å²) < 4.78 is 7.32.